The second-order valence-corrected chi connectivity index (χ2v) is 5.32. The Morgan fingerprint density at radius 2 is 2.35 bits per heavy atom. The highest BCUT2D eigenvalue weighted by atomic mass is 15.4. The summed E-state index contributed by atoms with van der Waals surface area (Å²) in [6, 6.07) is 2.24. The first-order valence-corrected chi connectivity index (χ1v) is 7.15. The number of rotatable bonds is 3. The van der Waals surface area contributed by atoms with Gasteiger partial charge in [0, 0.05) is 25.7 Å². The van der Waals surface area contributed by atoms with Gasteiger partial charge in [-0.05, 0) is 32.8 Å². The van der Waals surface area contributed by atoms with Crippen LogP contribution in [-0.2, 0) is 6.54 Å². The predicted octanol–water partition coefficient (Wildman–Crippen LogP) is 0.924. The maximum absolute atomic E-state index is 6.01. The van der Waals surface area contributed by atoms with Gasteiger partial charge in [0.2, 0.25) is 5.95 Å². The second-order valence-electron chi connectivity index (χ2n) is 5.32. The van der Waals surface area contributed by atoms with E-state index < -0.39 is 0 Å². The molecule has 3 heterocycles. The van der Waals surface area contributed by atoms with Crippen LogP contribution < -0.4 is 10.6 Å². The molecule has 1 saturated heterocycles. The Morgan fingerprint density at radius 1 is 1.50 bits per heavy atom. The van der Waals surface area contributed by atoms with Crippen molar-refractivity contribution in [2.45, 2.75) is 39.3 Å². The van der Waals surface area contributed by atoms with E-state index in [1.54, 1.807) is 0 Å². The number of aromatic nitrogens is 5. The Hall–Kier alpha value is -1.89. The molecule has 7 nitrogen and oxygen atoms in total. The molecular formula is C13H21N7. The Morgan fingerprint density at radius 3 is 3.10 bits per heavy atom. The van der Waals surface area contributed by atoms with Crippen molar-refractivity contribution >= 4 is 5.95 Å². The molecule has 0 bridgehead atoms. The van der Waals surface area contributed by atoms with E-state index in [2.05, 4.69) is 32.1 Å². The van der Waals surface area contributed by atoms with E-state index in [-0.39, 0.29) is 6.04 Å². The van der Waals surface area contributed by atoms with Crippen molar-refractivity contribution in [3.8, 4) is 11.5 Å². The van der Waals surface area contributed by atoms with Gasteiger partial charge in [-0.2, -0.15) is 10.1 Å². The lowest BCUT2D eigenvalue weighted by Crippen LogP contribution is -2.43. The summed E-state index contributed by atoms with van der Waals surface area (Å²) in [5.41, 5.74) is 7.97. The second kappa shape index (κ2) is 5.24. The molecule has 108 valence electrons. The summed E-state index contributed by atoms with van der Waals surface area (Å²) in [6.45, 7) is 6.65. The standard InChI is InChI=1S/C13H21N7/c1-3-20-11(7-9(2)18-20)12-15-13(17-16-12)19-6-4-5-10(14)8-19/h7,10H,3-6,8,14H2,1-2H3,(H,15,16,17). The minimum absolute atomic E-state index is 0.217. The quantitative estimate of drug-likeness (QED) is 0.869. The summed E-state index contributed by atoms with van der Waals surface area (Å²) in [5.74, 6) is 1.50. The highest BCUT2D eigenvalue weighted by molar-refractivity contribution is 5.52. The number of aryl methyl sites for hydroxylation is 2. The van der Waals surface area contributed by atoms with E-state index in [4.69, 9.17) is 5.73 Å². The van der Waals surface area contributed by atoms with Crippen molar-refractivity contribution in [3.63, 3.8) is 0 Å². The third kappa shape index (κ3) is 2.40. The molecule has 2 aromatic rings. The van der Waals surface area contributed by atoms with Gasteiger partial charge in [0.25, 0.3) is 0 Å². The number of aromatic amines is 1. The molecule has 1 aliphatic rings. The van der Waals surface area contributed by atoms with Crippen molar-refractivity contribution in [2.75, 3.05) is 18.0 Å². The summed E-state index contributed by atoms with van der Waals surface area (Å²) in [7, 11) is 0. The van der Waals surface area contributed by atoms with E-state index in [0.29, 0.717) is 0 Å². The van der Waals surface area contributed by atoms with Gasteiger partial charge in [-0.15, -0.1) is 5.10 Å². The zero-order valence-electron chi connectivity index (χ0n) is 12.0. The van der Waals surface area contributed by atoms with Crippen LogP contribution in [-0.4, -0.2) is 44.1 Å². The Bertz CT molecular complexity index is 585. The van der Waals surface area contributed by atoms with Crippen LogP contribution in [0, 0.1) is 6.92 Å². The van der Waals surface area contributed by atoms with E-state index in [0.717, 1.165) is 55.6 Å². The minimum Gasteiger partial charge on any atom is -0.338 e. The van der Waals surface area contributed by atoms with Gasteiger partial charge in [0.15, 0.2) is 5.82 Å². The maximum Gasteiger partial charge on any atom is 0.245 e. The van der Waals surface area contributed by atoms with Crippen LogP contribution in [0.3, 0.4) is 0 Å². The van der Waals surface area contributed by atoms with Crippen molar-refractivity contribution in [3.05, 3.63) is 11.8 Å². The molecule has 2 aromatic heterocycles. The van der Waals surface area contributed by atoms with E-state index in [9.17, 15) is 0 Å². The molecular weight excluding hydrogens is 254 g/mol. The SMILES string of the molecule is CCn1nc(C)cc1-c1nc(N2CCCC(N)C2)n[nH]1. The molecule has 0 spiro atoms. The van der Waals surface area contributed by atoms with Gasteiger partial charge < -0.3 is 10.6 Å². The van der Waals surface area contributed by atoms with Crippen molar-refractivity contribution in [1.29, 1.82) is 0 Å². The molecule has 0 aliphatic carbocycles. The summed E-state index contributed by atoms with van der Waals surface area (Å²) in [5, 5.41) is 11.8. The van der Waals surface area contributed by atoms with Crippen LogP contribution in [0.15, 0.2) is 6.07 Å². The average Bonchev–Trinajstić information content (AvgIpc) is 3.04. The van der Waals surface area contributed by atoms with Crippen molar-refractivity contribution in [2.24, 2.45) is 5.73 Å². The summed E-state index contributed by atoms with van der Waals surface area (Å²) >= 11 is 0. The number of H-pyrrole nitrogens is 1. The van der Waals surface area contributed by atoms with Crippen LogP contribution in [0.25, 0.3) is 11.5 Å². The van der Waals surface area contributed by atoms with Gasteiger partial charge in [0.05, 0.1) is 5.69 Å². The summed E-state index contributed by atoms with van der Waals surface area (Å²) < 4.78 is 1.93. The number of hydrogen-bond donors (Lipinski definition) is 2. The van der Waals surface area contributed by atoms with E-state index >= 15 is 0 Å². The first kappa shape index (κ1) is 13.1. The predicted molar refractivity (Wildman–Crippen MR) is 77.4 cm³/mol. The monoisotopic (exact) mass is 275 g/mol. The van der Waals surface area contributed by atoms with Crippen molar-refractivity contribution < 1.29 is 0 Å². The van der Waals surface area contributed by atoms with Gasteiger partial charge in [-0.1, -0.05) is 0 Å². The topological polar surface area (TPSA) is 88.7 Å². The fraction of sp³-hybridized carbons (Fsp3) is 0.615. The first-order valence-electron chi connectivity index (χ1n) is 7.15. The molecule has 7 heteroatoms. The lowest BCUT2D eigenvalue weighted by molar-refractivity contribution is 0.500. The zero-order chi connectivity index (χ0) is 14.1. The van der Waals surface area contributed by atoms with E-state index in [1.165, 1.54) is 0 Å². The van der Waals surface area contributed by atoms with Crippen LogP contribution >= 0.6 is 0 Å². The number of nitrogens with one attached hydrogen (secondary N) is 1. The number of piperidine rings is 1. The Kier molecular flexibility index (Phi) is 3.43. The normalized spacial score (nSPS) is 19.6. The number of anilines is 1. The van der Waals surface area contributed by atoms with Crippen molar-refractivity contribution in [1.82, 2.24) is 25.0 Å². The number of nitrogens with zero attached hydrogens (tertiary/aromatic N) is 5. The largest absolute Gasteiger partial charge is 0.338 e. The minimum atomic E-state index is 0.217. The van der Waals surface area contributed by atoms with Crippen LogP contribution in [0.4, 0.5) is 5.95 Å². The van der Waals surface area contributed by atoms with Gasteiger partial charge in [-0.3, -0.25) is 9.78 Å². The molecule has 3 N–H and O–H groups in total. The molecule has 3 rings (SSSR count). The molecule has 0 radical (unpaired) electrons. The van der Waals surface area contributed by atoms with Gasteiger partial charge >= 0.3 is 0 Å². The highest BCUT2D eigenvalue weighted by Gasteiger charge is 2.21. The molecule has 1 fully saturated rings. The van der Waals surface area contributed by atoms with Gasteiger partial charge in [0.1, 0.15) is 5.69 Å². The smallest absolute Gasteiger partial charge is 0.245 e. The first-order chi connectivity index (χ1) is 9.67. The van der Waals surface area contributed by atoms with Crippen LogP contribution in [0.5, 0.6) is 0 Å². The third-order valence-electron chi connectivity index (χ3n) is 3.66. The number of hydrogen-bond acceptors (Lipinski definition) is 5. The molecule has 0 amide bonds. The van der Waals surface area contributed by atoms with E-state index in [1.807, 2.05) is 17.7 Å². The number of nitrogens with two attached hydrogens (primary N) is 1. The Labute approximate surface area is 118 Å². The lowest BCUT2D eigenvalue weighted by atomic mass is 10.1. The fourth-order valence-corrected chi connectivity index (χ4v) is 2.68. The maximum atomic E-state index is 6.01. The zero-order valence-corrected chi connectivity index (χ0v) is 12.0. The van der Waals surface area contributed by atoms with Crippen LogP contribution in [0.2, 0.25) is 0 Å². The fourth-order valence-electron chi connectivity index (χ4n) is 2.68. The Balaban J connectivity index is 1.86. The lowest BCUT2D eigenvalue weighted by Gasteiger charge is -2.29. The summed E-state index contributed by atoms with van der Waals surface area (Å²) in [6.07, 6.45) is 2.17. The molecule has 1 atom stereocenters. The summed E-state index contributed by atoms with van der Waals surface area (Å²) in [4.78, 5) is 6.75. The molecule has 1 aliphatic heterocycles. The molecule has 1 unspecified atom stereocenters. The molecule has 0 saturated carbocycles. The van der Waals surface area contributed by atoms with Crippen LogP contribution in [0.1, 0.15) is 25.5 Å². The molecule has 20 heavy (non-hydrogen) atoms. The van der Waals surface area contributed by atoms with Gasteiger partial charge in [-0.25, -0.2) is 0 Å². The molecule has 0 aromatic carbocycles. The average molecular weight is 275 g/mol. The highest BCUT2D eigenvalue weighted by Crippen LogP contribution is 2.20. The third-order valence-corrected chi connectivity index (χ3v) is 3.66.